The minimum Gasteiger partial charge on any atom is -0.414 e. The fraction of sp³-hybridized carbons (Fsp3) is 1.00. The number of aliphatic hydroxyl groups excluding tert-OH is 22. The predicted octanol–water partition coefficient (Wildman–Crippen LogP) is -11.3. The quantitative estimate of drug-likeness (QED) is 0.0807. The average Bonchev–Trinajstić information content (AvgIpc) is 0.767. The first-order valence-electron chi connectivity index (χ1n) is 34.0. The molecular weight excluding hydrogens is 1420 g/mol. The van der Waals surface area contributed by atoms with Gasteiger partial charge in [-0.15, -0.1) is 0 Å². The van der Waals surface area contributed by atoms with E-state index in [0.29, 0.717) is 0 Å². The van der Waals surface area contributed by atoms with Crippen LogP contribution in [0.4, 0.5) is 0 Å². The van der Waals surface area contributed by atoms with Crippen LogP contribution >= 0.6 is 0 Å². The van der Waals surface area contributed by atoms with Crippen LogP contribution in [0.25, 0.3) is 0 Å². The zero-order chi connectivity index (χ0) is 75.5. The second-order valence-electron chi connectivity index (χ2n) is 30.2. The zero-order valence-corrected chi connectivity index (χ0v) is 59.9. The summed E-state index contributed by atoms with van der Waals surface area (Å²) < 4.78 is 108. The lowest BCUT2D eigenvalue weighted by atomic mass is 9.94. The topological polar surface area (TPSA) is 611 Å². The van der Waals surface area contributed by atoms with Gasteiger partial charge in [0, 0.05) is 0 Å². The van der Waals surface area contributed by atoms with Crippen molar-refractivity contribution in [2.24, 2.45) is 0 Å². The lowest BCUT2D eigenvalue weighted by molar-refractivity contribution is -0.403. The molecule has 22 N–H and O–H groups in total. The molecule has 40 nitrogen and oxygen atoms in total. The summed E-state index contributed by atoms with van der Waals surface area (Å²) in [6, 6.07) is 0. The van der Waals surface area contributed by atoms with Crippen molar-refractivity contribution in [3.8, 4) is 0 Å². The van der Waals surface area contributed by atoms with E-state index in [1.807, 2.05) is 67.7 Å². The molecule has 42 heteroatoms. The van der Waals surface area contributed by atoms with Gasteiger partial charge >= 0.3 is 0 Å². The van der Waals surface area contributed by atoms with Crippen molar-refractivity contribution in [1.29, 1.82) is 0 Å². The fourth-order valence-corrected chi connectivity index (χ4v) is 14.9. The molecule has 0 saturated carbocycles. The van der Waals surface area contributed by atoms with Crippen molar-refractivity contribution in [1.82, 2.24) is 0 Å². The van der Waals surface area contributed by atoms with Crippen LogP contribution in [-0.4, -0.2) is 427 Å². The van der Waals surface area contributed by atoms with Crippen LogP contribution in [-0.2, 0) is 84.6 Å². The molecule has 30 aliphatic heterocycles. The van der Waals surface area contributed by atoms with E-state index in [0.717, 1.165) is 0 Å². The molecule has 30 aliphatic rings. The minimum atomic E-state index is -2.79. The Morgan fingerprint density at radius 3 is 0.471 bits per heavy atom. The molecule has 30 fully saturated rings. The lowest BCUT2D eigenvalue weighted by Gasteiger charge is -2.51. The first-order valence-corrected chi connectivity index (χ1v) is 39.8. The largest absolute Gasteiger partial charge is 0.414 e. The molecule has 16 bridgehead atoms. The maximum Gasteiger partial charge on any atom is 0.192 e. The van der Waals surface area contributed by atoms with Gasteiger partial charge in [0.25, 0.3) is 0 Å². The van der Waals surface area contributed by atoms with E-state index in [-0.39, 0.29) is 0 Å². The minimum absolute atomic E-state index is 0.467. The van der Waals surface area contributed by atoms with Gasteiger partial charge in [-0.1, -0.05) is 41.5 Å². The van der Waals surface area contributed by atoms with Gasteiger partial charge < -0.3 is 197 Å². The van der Waals surface area contributed by atoms with Gasteiger partial charge in [0.2, 0.25) is 0 Å². The summed E-state index contributed by atoms with van der Waals surface area (Å²) in [6.45, 7) is 11.5. The molecule has 102 heavy (non-hydrogen) atoms. The Kier molecular flexibility index (Phi) is 28.5. The Balaban J connectivity index is 1.02. The van der Waals surface area contributed by atoms with Crippen LogP contribution in [0, 0.1) is 0 Å². The van der Waals surface area contributed by atoms with Gasteiger partial charge in [0.05, 0.1) is 52.9 Å². The van der Waals surface area contributed by atoms with Gasteiger partial charge in [-0.05, 0) is 36.3 Å². The third-order valence-corrected chi connectivity index (χ3v) is 30.4. The number of rotatable bonds is 12. The summed E-state index contributed by atoms with van der Waals surface area (Å²) in [6.07, 6.45) is -80.5. The molecule has 0 aromatic carbocycles. The predicted molar refractivity (Wildman–Crippen MR) is 333 cm³/mol. The first kappa shape index (κ1) is 84.8. The molecule has 0 aromatic heterocycles. The van der Waals surface area contributed by atoms with Crippen LogP contribution in [0.3, 0.4) is 0 Å². The number of hydrogen-bond donors (Lipinski definition) is 22. The normalized spacial score (nSPS) is 50.1. The van der Waals surface area contributed by atoms with Gasteiger partial charge in [0.15, 0.2) is 67.0 Å². The molecule has 30 heterocycles. The summed E-state index contributed by atoms with van der Waals surface area (Å²) in [5.74, 6) is 0. The Labute approximate surface area is 588 Å². The third-order valence-electron chi connectivity index (χ3n) is 21.4. The highest BCUT2D eigenvalue weighted by Gasteiger charge is 2.61. The van der Waals surface area contributed by atoms with Crippen LogP contribution in [0.2, 0.25) is 36.3 Å². The number of hydrogen-bond acceptors (Lipinski definition) is 40. The molecule has 0 unspecified atom stereocenters. The number of ether oxygens (including phenoxy) is 16. The van der Waals surface area contributed by atoms with Crippen LogP contribution < -0.4 is 0 Å². The Hall–Kier alpha value is -1.17. The highest BCUT2D eigenvalue weighted by molar-refractivity contribution is 6.74. The van der Waals surface area contributed by atoms with Crippen molar-refractivity contribution in [3.63, 3.8) is 0 Å². The Morgan fingerprint density at radius 1 is 0.216 bits per heavy atom. The fourth-order valence-electron chi connectivity index (χ4n) is 12.9. The van der Waals surface area contributed by atoms with Crippen molar-refractivity contribution in [2.45, 2.75) is 323 Å². The molecule has 0 aliphatic carbocycles. The van der Waals surface area contributed by atoms with E-state index in [1.165, 1.54) is 0 Å². The summed E-state index contributed by atoms with van der Waals surface area (Å²) in [4.78, 5) is 0. The van der Waals surface area contributed by atoms with Crippen molar-refractivity contribution in [2.75, 3.05) is 52.9 Å². The molecule has 596 valence electrons. The van der Waals surface area contributed by atoms with E-state index in [2.05, 4.69) is 0 Å². The number of aliphatic hydroxyl groups is 22. The standard InChI is InChI=1S/C60H108O40Si2/c1-59(2,3)101(7,8)83-17-25-49-33(73)41(81)57(91-25)97-47-23(15-65)87-53(37(77)29(47)69)93-43-19(11-61)86-52(36(76)28(43)68)96-46-22(14-64)90-56(40(80)32(46)72)100-50-26(18-84-102(9,10)60(4,5)6)92-58(42(82)34(50)74)98-48-24(16-66)88-54(38(78)30(48)70)94-44-20(12-62)85-51(35(75)27(44)67)95-45-21(13-63)89-55(99-49)39(79)31(45)71/h19-58,61-82H,11-18H2,1-10H3/t19-,20-,21-,22-,23-,24-,25-,26-,27-,28-,29-,30+,31+,32-,33-,34-,35+,36-,37-,38+,39+,40-,41-,42-,43-,44-,45-,46-,47-,48-,49-,50-,51-,52-,53-,54-,55-,56-,57-,58-/m1/s1. The van der Waals surface area contributed by atoms with Crippen molar-refractivity contribution < 1.29 is 197 Å². The van der Waals surface area contributed by atoms with Crippen molar-refractivity contribution in [3.05, 3.63) is 0 Å². The molecule has 0 amide bonds. The van der Waals surface area contributed by atoms with E-state index in [4.69, 9.17) is 84.6 Å². The van der Waals surface area contributed by atoms with Crippen LogP contribution in [0.15, 0.2) is 0 Å². The Bertz CT molecular complexity index is 2420. The highest BCUT2D eigenvalue weighted by Crippen LogP contribution is 2.43. The summed E-state index contributed by atoms with van der Waals surface area (Å²) >= 11 is 0. The van der Waals surface area contributed by atoms with Crippen LogP contribution in [0.5, 0.6) is 0 Å². The monoisotopic (exact) mass is 1520 g/mol. The highest BCUT2D eigenvalue weighted by atomic mass is 28.4. The maximum absolute atomic E-state index is 12.0. The van der Waals surface area contributed by atoms with E-state index in [1.54, 1.807) is 0 Å². The van der Waals surface area contributed by atoms with Gasteiger partial charge in [0.1, 0.15) is 195 Å². The van der Waals surface area contributed by atoms with Crippen molar-refractivity contribution >= 4 is 16.6 Å². The third kappa shape index (κ3) is 17.4. The SMILES string of the molecule is CC(C)(C)[Si](C)(C)OC[C@H]1O[C@@H]2O[C@H]3[C@H](O)[C@@H](O)[C@@H](O[C@H]4[C@H](O)[C@@H](O)[C@@H](O[C@H]5[C@H](O)[C@@H](O)[C@@H](O[C@H]6[C@H](O)[C@@H](O)[C@@H](O[C@H]7[C@@H](O)[C@H](O)[C@@H](O[C@H]8[C@H](O)[C@H](O)[C@@H](O[C@H]9[C@@H](O)[C@H](O)[C@@H](O[C@H]1[C@H](O)[C@H]2O)O[C@@H]9CO)O[C@@H]8CO)O[C@@H]7CO)O[C@@H]6CO[Si](C)(C)C(C)(C)C)O[C@@H]5CO)O[C@@H]4CO)O[C@@H]3CO. The molecule has 40 atom stereocenters. The summed E-state index contributed by atoms with van der Waals surface area (Å²) in [5.41, 5.74) is 0. The zero-order valence-electron chi connectivity index (χ0n) is 57.9. The van der Waals surface area contributed by atoms with Gasteiger partial charge in [-0.3, -0.25) is 0 Å². The summed E-state index contributed by atoms with van der Waals surface area (Å²) in [5, 5.41) is 251. The smallest absolute Gasteiger partial charge is 0.192 e. The second kappa shape index (κ2) is 34.2. The first-order chi connectivity index (χ1) is 47.7. The van der Waals surface area contributed by atoms with Gasteiger partial charge in [-0.2, -0.15) is 0 Å². The van der Waals surface area contributed by atoms with E-state index in [9.17, 15) is 112 Å². The molecular formula is C60H108O40Si2. The Morgan fingerprint density at radius 2 is 0.343 bits per heavy atom. The second-order valence-corrected chi connectivity index (χ2v) is 39.9. The van der Waals surface area contributed by atoms with E-state index >= 15 is 0 Å². The molecule has 0 spiro atoms. The molecule has 30 rings (SSSR count). The van der Waals surface area contributed by atoms with Gasteiger partial charge in [-0.25, -0.2) is 0 Å². The summed E-state index contributed by atoms with van der Waals surface area (Å²) in [7, 11) is -5.58. The lowest BCUT2D eigenvalue weighted by Crippen LogP contribution is -2.69. The average molecular weight is 1530 g/mol. The molecule has 30 saturated heterocycles. The molecule has 0 radical (unpaired) electrons. The van der Waals surface area contributed by atoms with Crippen LogP contribution in [0.1, 0.15) is 41.5 Å². The van der Waals surface area contributed by atoms with E-state index < -0.39 is 325 Å². The molecule has 0 aromatic rings. The maximum atomic E-state index is 12.0.